The maximum atomic E-state index is 11.6. The van der Waals surface area contributed by atoms with Crippen LogP contribution in [0.2, 0.25) is 0 Å². The van der Waals surface area contributed by atoms with Gasteiger partial charge in [0.2, 0.25) is 5.91 Å². The summed E-state index contributed by atoms with van der Waals surface area (Å²) in [6.45, 7) is 5.64. The van der Waals surface area contributed by atoms with Crippen LogP contribution in [0.3, 0.4) is 0 Å². The van der Waals surface area contributed by atoms with Crippen LogP contribution >= 0.6 is 11.6 Å². The van der Waals surface area contributed by atoms with E-state index in [9.17, 15) is 4.79 Å². The van der Waals surface area contributed by atoms with E-state index in [1.165, 1.54) is 0 Å². The fourth-order valence-electron chi connectivity index (χ4n) is 2.12. The van der Waals surface area contributed by atoms with Crippen molar-refractivity contribution in [3.63, 3.8) is 0 Å². The van der Waals surface area contributed by atoms with Crippen LogP contribution in [0.1, 0.15) is 39.5 Å². The van der Waals surface area contributed by atoms with Crippen LogP contribution in [0, 0.1) is 11.8 Å². The number of hydrogen-bond acceptors (Lipinski definition) is 2. The second kappa shape index (κ2) is 7.93. The van der Waals surface area contributed by atoms with Crippen molar-refractivity contribution < 1.29 is 9.53 Å². The van der Waals surface area contributed by atoms with Gasteiger partial charge in [0.15, 0.2) is 0 Å². The first kappa shape index (κ1) is 14.8. The number of carbonyl (C=O) groups excluding carboxylic acids is 1. The molecule has 1 amide bonds. The van der Waals surface area contributed by atoms with Gasteiger partial charge in [-0.05, 0) is 38.0 Å². The molecule has 0 radical (unpaired) electrons. The molecule has 0 aromatic rings. The lowest BCUT2D eigenvalue weighted by atomic mass is 9.80. The first-order valence-corrected chi connectivity index (χ1v) is 7.13. The van der Waals surface area contributed by atoms with Crippen LogP contribution in [0.5, 0.6) is 0 Å². The van der Waals surface area contributed by atoms with E-state index in [0.29, 0.717) is 30.2 Å². The van der Waals surface area contributed by atoms with E-state index in [1.807, 2.05) is 6.92 Å². The molecule has 0 heterocycles. The van der Waals surface area contributed by atoms with Crippen LogP contribution in [0.15, 0.2) is 0 Å². The number of amides is 1. The highest BCUT2D eigenvalue weighted by atomic mass is 35.5. The monoisotopic (exact) mass is 261 g/mol. The van der Waals surface area contributed by atoms with Crippen molar-refractivity contribution >= 4 is 17.5 Å². The fourth-order valence-corrected chi connectivity index (χ4v) is 2.50. The molecule has 3 nitrogen and oxygen atoms in total. The average molecular weight is 262 g/mol. The summed E-state index contributed by atoms with van der Waals surface area (Å²) in [5.74, 6) is 1.82. The van der Waals surface area contributed by atoms with Crippen molar-refractivity contribution in [2.45, 2.75) is 45.6 Å². The lowest BCUT2D eigenvalue weighted by Gasteiger charge is -2.34. The van der Waals surface area contributed by atoms with Gasteiger partial charge in [-0.15, -0.1) is 11.6 Å². The van der Waals surface area contributed by atoms with Crippen LogP contribution in [-0.4, -0.2) is 31.0 Å². The number of rotatable bonds is 8. The number of halogens is 1. The summed E-state index contributed by atoms with van der Waals surface area (Å²) < 4.78 is 5.47. The topological polar surface area (TPSA) is 38.3 Å². The Balaban J connectivity index is 2.03. The Morgan fingerprint density at radius 1 is 1.53 bits per heavy atom. The molecule has 0 aromatic heterocycles. The molecular formula is C13H24ClNO2. The van der Waals surface area contributed by atoms with Gasteiger partial charge in [0, 0.05) is 25.5 Å². The Bertz CT molecular complexity index is 229. The summed E-state index contributed by atoms with van der Waals surface area (Å²) in [6.07, 6.45) is 4.08. The van der Waals surface area contributed by atoms with Crippen molar-refractivity contribution in [1.82, 2.24) is 5.32 Å². The van der Waals surface area contributed by atoms with Crippen LogP contribution in [0.4, 0.5) is 0 Å². The summed E-state index contributed by atoms with van der Waals surface area (Å²) in [6, 6.07) is 0. The number of carbonyl (C=O) groups is 1. The molecule has 1 rings (SSSR count). The van der Waals surface area contributed by atoms with Gasteiger partial charge < -0.3 is 10.1 Å². The van der Waals surface area contributed by atoms with E-state index < -0.39 is 0 Å². The van der Waals surface area contributed by atoms with E-state index in [-0.39, 0.29) is 5.91 Å². The van der Waals surface area contributed by atoms with Crippen LogP contribution in [0.25, 0.3) is 0 Å². The number of alkyl halides is 1. The summed E-state index contributed by atoms with van der Waals surface area (Å²) in [4.78, 5) is 11.6. The van der Waals surface area contributed by atoms with Crippen molar-refractivity contribution in [3.05, 3.63) is 0 Å². The predicted octanol–water partition coefficient (Wildman–Crippen LogP) is 2.57. The van der Waals surface area contributed by atoms with Crippen LogP contribution < -0.4 is 5.32 Å². The summed E-state index contributed by atoms with van der Waals surface area (Å²) in [5, 5.41) is 2.97. The van der Waals surface area contributed by atoms with E-state index in [1.54, 1.807) is 0 Å². The highest BCUT2D eigenvalue weighted by molar-refractivity contribution is 6.17. The van der Waals surface area contributed by atoms with Gasteiger partial charge in [0.05, 0.1) is 6.10 Å². The minimum Gasteiger partial charge on any atom is -0.378 e. The summed E-state index contributed by atoms with van der Waals surface area (Å²) in [5.41, 5.74) is 0. The van der Waals surface area contributed by atoms with E-state index >= 15 is 0 Å². The van der Waals surface area contributed by atoms with Crippen molar-refractivity contribution in [2.75, 3.05) is 19.0 Å². The SMILES string of the molecule is CCOC1CC(CC(=O)NCC(C)CCCl)C1. The third-order valence-electron chi connectivity index (χ3n) is 3.32. The lowest BCUT2D eigenvalue weighted by Crippen LogP contribution is -2.36. The van der Waals surface area contributed by atoms with Gasteiger partial charge in [-0.1, -0.05) is 6.92 Å². The smallest absolute Gasteiger partial charge is 0.220 e. The molecule has 1 aliphatic carbocycles. The second-order valence-electron chi connectivity index (χ2n) is 5.01. The van der Waals surface area contributed by atoms with Gasteiger partial charge in [0.25, 0.3) is 0 Å². The molecule has 1 aliphatic rings. The maximum absolute atomic E-state index is 11.6. The van der Waals surface area contributed by atoms with Gasteiger partial charge in [-0.3, -0.25) is 4.79 Å². The minimum atomic E-state index is 0.173. The van der Waals surface area contributed by atoms with E-state index in [4.69, 9.17) is 16.3 Å². The van der Waals surface area contributed by atoms with Gasteiger partial charge in [0.1, 0.15) is 0 Å². The second-order valence-corrected chi connectivity index (χ2v) is 5.38. The van der Waals surface area contributed by atoms with Gasteiger partial charge in [-0.25, -0.2) is 0 Å². The Morgan fingerprint density at radius 3 is 2.82 bits per heavy atom. The molecule has 100 valence electrons. The highest BCUT2D eigenvalue weighted by Gasteiger charge is 2.30. The average Bonchev–Trinajstić information content (AvgIpc) is 2.24. The molecule has 1 fully saturated rings. The highest BCUT2D eigenvalue weighted by Crippen LogP contribution is 2.32. The number of nitrogens with one attached hydrogen (secondary N) is 1. The van der Waals surface area contributed by atoms with Crippen molar-refractivity contribution in [2.24, 2.45) is 11.8 Å². The normalized spacial score (nSPS) is 25.1. The fraction of sp³-hybridized carbons (Fsp3) is 0.923. The molecule has 0 aliphatic heterocycles. The van der Waals surface area contributed by atoms with E-state index in [2.05, 4.69) is 12.2 Å². The Kier molecular flexibility index (Phi) is 6.90. The zero-order valence-corrected chi connectivity index (χ0v) is 11.6. The first-order valence-electron chi connectivity index (χ1n) is 6.60. The van der Waals surface area contributed by atoms with Crippen molar-refractivity contribution in [1.29, 1.82) is 0 Å². The zero-order chi connectivity index (χ0) is 12.7. The molecule has 0 spiro atoms. The minimum absolute atomic E-state index is 0.173. The predicted molar refractivity (Wildman–Crippen MR) is 70.3 cm³/mol. The van der Waals surface area contributed by atoms with Gasteiger partial charge in [-0.2, -0.15) is 0 Å². The molecule has 1 N–H and O–H groups in total. The Hall–Kier alpha value is -0.280. The molecule has 0 saturated heterocycles. The Labute approximate surface area is 109 Å². The molecular weight excluding hydrogens is 238 g/mol. The molecule has 1 unspecified atom stereocenters. The molecule has 0 aromatic carbocycles. The first-order chi connectivity index (χ1) is 8.15. The zero-order valence-electron chi connectivity index (χ0n) is 10.9. The quantitative estimate of drug-likeness (QED) is 0.682. The molecule has 4 heteroatoms. The summed E-state index contributed by atoms with van der Waals surface area (Å²) in [7, 11) is 0. The van der Waals surface area contributed by atoms with Crippen LogP contribution in [-0.2, 0) is 9.53 Å². The molecule has 1 atom stereocenters. The maximum Gasteiger partial charge on any atom is 0.220 e. The van der Waals surface area contributed by atoms with Crippen molar-refractivity contribution in [3.8, 4) is 0 Å². The summed E-state index contributed by atoms with van der Waals surface area (Å²) >= 11 is 5.65. The standard InChI is InChI=1S/C13H24ClNO2/c1-3-17-12-6-11(7-12)8-13(16)15-9-10(2)4-5-14/h10-12H,3-9H2,1-2H3,(H,15,16). The molecule has 17 heavy (non-hydrogen) atoms. The molecule has 0 bridgehead atoms. The number of ether oxygens (including phenoxy) is 1. The number of hydrogen-bond donors (Lipinski definition) is 1. The third-order valence-corrected chi connectivity index (χ3v) is 3.54. The van der Waals surface area contributed by atoms with Gasteiger partial charge >= 0.3 is 0 Å². The van der Waals surface area contributed by atoms with E-state index in [0.717, 1.165) is 32.4 Å². The largest absolute Gasteiger partial charge is 0.378 e. The molecule has 1 saturated carbocycles. The lowest BCUT2D eigenvalue weighted by molar-refractivity contribution is -0.124. The third kappa shape index (κ3) is 5.73. The Morgan fingerprint density at radius 2 is 2.24 bits per heavy atom.